The highest BCUT2D eigenvalue weighted by molar-refractivity contribution is 7.07. The first kappa shape index (κ1) is 32.5. The van der Waals surface area contributed by atoms with Crippen molar-refractivity contribution in [3.63, 3.8) is 0 Å². The van der Waals surface area contributed by atoms with Crippen molar-refractivity contribution in [3.8, 4) is 11.4 Å². The van der Waals surface area contributed by atoms with E-state index in [-0.39, 0.29) is 32.8 Å². The lowest BCUT2D eigenvalue weighted by atomic mass is 9.90. The summed E-state index contributed by atoms with van der Waals surface area (Å²) in [4.78, 5) is 43.0. The standard InChI is InChI=1S/C35H28F3N3O6S/c1-5-47-33(45)28-29(27-24-12-7-6-9-20(24)13-14-25(27)46-4)41-31(42)26(48-34(41)39-30(28)35(36,37)38)17-22-15-18(2)40(19(22)3)23-11-8-10-21(16-23)32(43)44/h6-17,29H,5H2,1-4H3,(H,43,44)/b26-17-/t29-/m0/s1. The zero-order valence-electron chi connectivity index (χ0n) is 26.1. The molecule has 1 atom stereocenters. The van der Waals surface area contributed by atoms with Crippen LogP contribution in [-0.2, 0) is 9.53 Å². The number of methoxy groups -OCH3 is 1. The first-order valence-electron chi connectivity index (χ1n) is 14.7. The van der Waals surface area contributed by atoms with Gasteiger partial charge in [0.25, 0.3) is 5.56 Å². The Morgan fingerprint density at radius 3 is 2.50 bits per heavy atom. The Morgan fingerprint density at radius 2 is 1.81 bits per heavy atom. The van der Waals surface area contributed by atoms with Crippen LogP contribution in [-0.4, -0.2) is 46.1 Å². The molecule has 13 heteroatoms. The van der Waals surface area contributed by atoms with Gasteiger partial charge < -0.3 is 19.1 Å². The minimum absolute atomic E-state index is 0.0733. The number of alkyl halides is 3. The number of rotatable bonds is 7. The summed E-state index contributed by atoms with van der Waals surface area (Å²) in [5.41, 5.74) is -0.107. The number of nitrogens with zero attached hydrogens (tertiary/aromatic N) is 3. The van der Waals surface area contributed by atoms with Gasteiger partial charge in [0, 0.05) is 22.6 Å². The van der Waals surface area contributed by atoms with Crippen molar-refractivity contribution in [2.24, 2.45) is 4.99 Å². The number of benzene rings is 3. The number of allylic oxidation sites excluding steroid dienone is 1. The van der Waals surface area contributed by atoms with Crippen LogP contribution in [0.1, 0.15) is 45.8 Å². The van der Waals surface area contributed by atoms with E-state index in [1.807, 2.05) is 11.5 Å². The SMILES string of the molecule is CCOC(=O)C1=C(C(F)(F)F)N=c2s/c(=C\c3cc(C)n(-c4cccc(C(=O)O)c4)c3C)c(=O)n2[C@H]1c1c(OC)ccc2ccccc12. The van der Waals surface area contributed by atoms with Crippen LogP contribution in [0.15, 0.2) is 87.8 Å². The number of carbonyl (C=O) groups is 2. The van der Waals surface area contributed by atoms with Crippen molar-refractivity contribution < 1.29 is 37.3 Å². The number of ether oxygens (including phenoxy) is 2. The topological polar surface area (TPSA) is 112 Å². The van der Waals surface area contributed by atoms with Crippen LogP contribution < -0.4 is 19.6 Å². The quantitative estimate of drug-likeness (QED) is 0.225. The summed E-state index contributed by atoms with van der Waals surface area (Å²) in [6.07, 6.45) is -3.51. The molecule has 1 aliphatic rings. The molecule has 0 spiro atoms. The van der Waals surface area contributed by atoms with Crippen LogP contribution in [0.2, 0.25) is 0 Å². The van der Waals surface area contributed by atoms with E-state index in [9.17, 15) is 32.7 Å². The van der Waals surface area contributed by atoms with Gasteiger partial charge in [-0.15, -0.1) is 0 Å². The fourth-order valence-electron chi connectivity index (χ4n) is 6.10. The summed E-state index contributed by atoms with van der Waals surface area (Å²) < 4.78 is 58.0. The Kier molecular flexibility index (Phi) is 8.33. The molecule has 48 heavy (non-hydrogen) atoms. The largest absolute Gasteiger partial charge is 0.496 e. The molecule has 5 aromatic rings. The Labute approximate surface area is 275 Å². The monoisotopic (exact) mass is 675 g/mol. The number of halogens is 3. The summed E-state index contributed by atoms with van der Waals surface area (Å²) in [7, 11) is 1.36. The van der Waals surface area contributed by atoms with Gasteiger partial charge in [0.05, 0.1) is 29.4 Å². The van der Waals surface area contributed by atoms with Crippen LogP contribution in [0, 0.1) is 13.8 Å². The molecule has 0 radical (unpaired) electrons. The van der Waals surface area contributed by atoms with Crippen molar-refractivity contribution in [2.75, 3.05) is 13.7 Å². The second-order valence-corrected chi connectivity index (χ2v) is 12.0. The summed E-state index contributed by atoms with van der Waals surface area (Å²) in [6, 6.07) is 16.8. The predicted molar refractivity (Wildman–Crippen MR) is 173 cm³/mol. The Hall–Kier alpha value is -5.43. The van der Waals surface area contributed by atoms with E-state index in [0.717, 1.165) is 21.6 Å². The summed E-state index contributed by atoms with van der Waals surface area (Å²) >= 11 is 0.761. The van der Waals surface area contributed by atoms with E-state index in [1.54, 1.807) is 67.6 Å². The number of aryl methyl sites for hydroxylation is 1. The highest BCUT2D eigenvalue weighted by atomic mass is 32.1. The molecule has 0 unspecified atom stereocenters. The minimum Gasteiger partial charge on any atom is -0.496 e. The summed E-state index contributed by atoms with van der Waals surface area (Å²) in [5, 5.41) is 10.6. The Bertz CT molecular complexity index is 2350. The number of fused-ring (bicyclic) bond motifs is 2. The van der Waals surface area contributed by atoms with Crippen molar-refractivity contribution in [1.29, 1.82) is 0 Å². The predicted octanol–water partition coefficient (Wildman–Crippen LogP) is 5.61. The van der Waals surface area contributed by atoms with Gasteiger partial charge in [0.2, 0.25) is 0 Å². The van der Waals surface area contributed by atoms with Gasteiger partial charge in [-0.3, -0.25) is 9.36 Å². The molecule has 0 saturated heterocycles. The molecule has 1 aliphatic heterocycles. The van der Waals surface area contributed by atoms with Crippen LogP contribution in [0.25, 0.3) is 22.5 Å². The Morgan fingerprint density at radius 1 is 1.06 bits per heavy atom. The summed E-state index contributed by atoms with van der Waals surface area (Å²) in [5.74, 6) is -2.17. The maximum atomic E-state index is 14.7. The number of carboxylic acid groups (broad SMARTS) is 1. The number of esters is 1. The lowest BCUT2D eigenvalue weighted by Crippen LogP contribution is -2.41. The Balaban J connectivity index is 1.65. The molecular weight excluding hydrogens is 647 g/mol. The highest BCUT2D eigenvalue weighted by Gasteiger charge is 2.46. The molecule has 0 saturated carbocycles. The zero-order valence-corrected chi connectivity index (χ0v) is 26.9. The van der Waals surface area contributed by atoms with E-state index in [0.29, 0.717) is 27.7 Å². The zero-order chi connectivity index (χ0) is 34.5. The highest BCUT2D eigenvalue weighted by Crippen LogP contribution is 2.43. The normalized spacial score (nSPS) is 15.0. The molecule has 0 bridgehead atoms. The van der Waals surface area contributed by atoms with E-state index in [1.165, 1.54) is 26.2 Å². The average molecular weight is 676 g/mol. The van der Waals surface area contributed by atoms with Crippen molar-refractivity contribution in [3.05, 3.63) is 126 Å². The molecule has 0 aliphatic carbocycles. The van der Waals surface area contributed by atoms with E-state index in [2.05, 4.69) is 4.99 Å². The number of hydrogen-bond donors (Lipinski definition) is 1. The second-order valence-electron chi connectivity index (χ2n) is 11.0. The average Bonchev–Trinajstić information content (AvgIpc) is 3.52. The lowest BCUT2D eigenvalue weighted by molar-refractivity contribution is -0.140. The molecule has 1 N–H and O–H groups in total. The third kappa shape index (κ3) is 5.49. The first-order chi connectivity index (χ1) is 22.8. The van der Waals surface area contributed by atoms with Crippen LogP contribution in [0.5, 0.6) is 5.75 Å². The van der Waals surface area contributed by atoms with Gasteiger partial charge in [0.15, 0.2) is 10.5 Å². The van der Waals surface area contributed by atoms with Crippen LogP contribution in [0.3, 0.4) is 0 Å². The first-order valence-corrected chi connectivity index (χ1v) is 15.6. The van der Waals surface area contributed by atoms with Crippen LogP contribution >= 0.6 is 11.3 Å². The van der Waals surface area contributed by atoms with E-state index in [4.69, 9.17) is 9.47 Å². The number of aromatic nitrogens is 2. The molecule has 0 fully saturated rings. The molecule has 6 rings (SSSR count). The molecule has 246 valence electrons. The molecular formula is C35H28F3N3O6S. The molecule has 2 aromatic heterocycles. The number of aromatic carboxylic acids is 1. The lowest BCUT2D eigenvalue weighted by Gasteiger charge is -2.28. The van der Waals surface area contributed by atoms with Gasteiger partial charge >= 0.3 is 18.1 Å². The van der Waals surface area contributed by atoms with Gasteiger partial charge in [-0.2, -0.15) is 13.2 Å². The number of thiazole rings is 1. The molecule has 0 amide bonds. The molecule has 9 nitrogen and oxygen atoms in total. The maximum Gasteiger partial charge on any atom is 0.434 e. The smallest absolute Gasteiger partial charge is 0.434 e. The van der Waals surface area contributed by atoms with Gasteiger partial charge in [-0.25, -0.2) is 14.6 Å². The van der Waals surface area contributed by atoms with E-state index >= 15 is 0 Å². The fraction of sp³-hybridized carbons (Fsp3) is 0.200. The van der Waals surface area contributed by atoms with Crippen LogP contribution in [0.4, 0.5) is 13.2 Å². The van der Waals surface area contributed by atoms with Gasteiger partial charge in [-0.1, -0.05) is 47.7 Å². The van der Waals surface area contributed by atoms with Gasteiger partial charge in [0.1, 0.15) is 11.8 Å². The number of hydrogen-bond acceptors (Lipinski definition) is 7. The molecule has 3 heterocycles. The van der Waals surface area contributed by atoms with Crippen molar-refractivity contribution >= 4 is 40.1 Å². The summed E-state index contributed by atoms with van der Waals surface area (Å²) in [6.45, 7) is 4.87. The van der Waals surface area contributed by atoms with Crippen molar-refractivity contribution in [1.82, 2.24) is 9.13 Å². The molecule has 3 aromatic carbocycles. The van der Waals surface area contributed by atoms with E-state index < -0.39 is 41.0 Å². The number of carboxylic acids is 1. The number of carbonyl (C=O) groups excluding carboxylic acids is 1. The minimum atomic E-state index is -5.07. The second kappa shape index (κ2) is 12.3. The van der Waals surface area contributed by atoms with Gasteiger partial charge in [-0.05, 0) is 73.5 Å². The fourth-order valence-corrected chi connectivity index (χ4v) is 7.09. The van der Waals surface area contributed by atoms with Crippen molar-refractivity contribution in [2.45, 2.75) is 33.0 Å². The third-order valence-corrected chi connectivity index (χ3v) is 9.11. The third-order valence-electron chi connectivity index (χ3n) is 8.13. The maximum absolute atomic E-state index is 14.7.